The molecule has 0 saturated carbocycles. The van der Waals surface area contributed by atoms with Gasteiger partial charge in [-0.1, -0.05) is 0 Å². The second-order valence-electron chi connectivity index (χ2n) is 0.866. The summed E-state index contributed by atoms with van der Waals surface area (Å²) in [5.41, 5.74) is 0. The van der Waals surface area contributed by atoms with Crippen LogP contribution < -0.4 is 0 Å². The number of rotatable bonds is 0. The maximum absolute atomic E-state index is 3.25. The third-order valence-corrected chi connectivity index (χ3v) is 0. The first-order valence-corrected chi connectivity index (χ1v) is 2.45. The van der Waals surface area contributed by atoms with E-state index >= 15 is 0 Å². The zero-order valence-corrected chi connectivity index (χ0v) is 8.39. The third kappa shape index (κ3) is 1380. The van der Waals surface area contributed by atoms with Gasteiger partial charge in [0.15, 0.2) is 0 Å². The monoisotopic (exact) mass is 221 g/mol. The molecule has 0 aliphatic carbocycles. The Morgan fingerprint density at radius 1 is 0.700 bits per heavy atom. The van der Waals surface area contributed by atoms with E-state index < -0.39 is 0 Å². The largest absolute Gasteiger partial charge is 3.00 e. The van der Waals surface area contributed by atoms with Gasteiger partial charge in [0, 0.05) is 0 Å². The van der Waals surface area contributed by atoms with Crippen LogP contribution in [0.4, 0.5) is 0 Å². The fourth-order valence-corrected chi connectivity index (χ4v) is 0. The maximum atomic E-state index is 3.25. The molecule has 0 N–H and O–H groups in total. The standard InChI is InChI=1S/3C3H5.Mo/c3*1-3-2;/h3*3H,1-2H2;/q3*-1;+3. The van der Waals surface area contributed by atoms with E-state index in [9.17, 15) is 0 Å². The second kappa shape index (κ2) is 75.9. The molecule has 57 valence electrons. The molecule has 0 fully saturated rings. The molecular formula is C9H15Mo. The van der Waals surface area contributed by atoms with Gasteiger partial charge in [0.2, 0.25) is 0 Å². The van der Waals surface area contributed by atoms with E-state index in [4.69, 9.17) is 0 Å². The van der Waals surface area contributed by atoms with Gasteiger partial charge in [-0.25, -0.2) is 58.7 Å². The Kier molecular flexibility index (Phi) is 172. The van der Waals surface area contributed by atoms with E-state index in [0.717, 1.165) is 0 Å². The SMILES string of the molecule is C=C[CH2-].C=C[CH2-].C=C[CH2-].[Mo+3]. The van der Waals surface area contributed by atoms with Crippen molar-refractivity contribution in [1.82, 2.24) is 0 Å². The second-order valence-corrected chi connectivity index (χ2v) is 0.866. The first kappa shape index (κ1) is 22.7. The van der Waals surface area contributed by atoms with E-state index in [2.05, 4.69) is 40.5 Å². The molecule has 0 atom stereocenters. The zero-order chi connectivity index (χ0) is 8.12. The van der Waals surface area contributed by atoms with Crippen molar-refractivity contribution in [3.05, 3.63) is 58.7 Å². The summed E-state index contributed by atoms with van der Waals surface area (Å²) in [5.74, 6) is 0. The Bertz CT molecular complexity index is 41.5. The molecule has 0 aliphatic rings. The van der Waals surface area contributed by atoms with Gasteiger partial charge in [0.05, 0.1) is 0 Å². The molecule has 10 heavy (non-hydrogen) atoms. The zero-order valence-electron chi connectivity index (χ0n) is 6.38. The van der Waals surface area contributed by atoms with Crippen molar-refractivity contribution in [1.29, 1.82) is 0 Å². The van der Waals surface area contributed by atoms with Gasteiger partial charge in [0.1, 0.15) is 0 Å². The molecule has 0 saturated heterocycles. The molecule has 0 aliphatic heterocycles. The minimum Gasteiger partial charge on any atom is -0.245 e. The molecule has 0 aromatic heterocycles. The molecule has 0 spiro atoms. The molecule has 1 radical (unpaired) electrons. The Morgan fingerprint density at radius 3 is 0.700 bits per heavy atom. The fourth-order valence-electron chi connectivity index (χ4n) is 0. The average molecular weight is 219 g/mol. The maximum Gasteiger partial charge on any atom is 3.00 e. The average Bonchev–Trinajstić information content (AvgIpc) is 1.70. The quantitative estimate of drug-likeness (QED) is 0.434. The molecule has 1 heteroatoms. The van der Waals surface area contributed by atoms with Crippen molar-refractivity contribution in [2.45, 2.75) is 0 Å². The smallest absolute Gasteiger partial charge is 0.245 e. The Morgan fingerprint density at radius 2 is 0.700 bits per heavy atom. The molecule has 0 bridgehead atoms. The first-order valence-electron chi connectivity index (χ1n) is 2.45. The van der Waals surface area contributed by atoms with Crippen LogP contribution in [-0.2, 0) is 21.1 Å². The van der Waals surface area contributed by atoms with Gasteiger partial charge in [-0.3, -0.25) is 0 Å². The van der Waals surface area contributed by atoms with Crippen LogP contribution in [0.1, 0.15) is 0 Å². The Hall–Kier alpha value is -0.482. The molecule has 0 heterocycles. The van der Waals surface area contributed by atoms with Crippen molar-refractivity contribution in [3.8, 4) is 0 Å². The van der Waals surface area contributed by atoms with Gasteiger partial charge in [-0.2, -0.15) is 0 Å². The van der Waals surface area contributed by atoms with Crippen molar-refractivity contribution in [3.63, 3.8) is 0 Å². The van der Waals surface area contributed by atoms with Crippen LogP contribution in [0.3, 0.4) is 0 Å². The van der Waals surface area contributed by atoms with Crippen molar-refractivity contribution >= 4 is 0 Å². The van der Waals surface area contributed by atoms with E-state index in [0.29, 0.717) is 0 Å². The van der Waals surface area contributed by atoms with E-state index in [1.54, 1.807) is 0 Å². The molecule has 0 rings (SSSR count). The van der Waals surface area contributed by atoms with Crippen molar-refractivity contribution in [2.75, 3.05) is 0 Å². The summed E-state index contributed by atoms with van der Waals surface area (Å²) in [7, 11) is 0. The molecular weight excluding hydrogens is 204 g/mol. The predicted octanol–water partition coefficient (Wildman–Crippen LogP) is 3.02. The summed E-state index contributed by atoms with van der Waals surface area (Å²) in [5, 5.41) is 0. The fraction of sp³-hybridized carbons (Fsp3) is 0. The molecule has 0 unspecified atom stereocenters. The topological polar surface area (TPSA) is 0 Å². The number of hydrogen-bond acceptors (Lipinski definition) is 0. The normalized spacial score (nSPS) is 3.60. The summed E-state index contributed by atoms with van der Waals surface area (Å²) >= 11 is 0. The van der Waals surface area contributed by atoms with Crippen LogP contribution in [0.15, 0.2) is 38.0 Å². The number of hydrogen-bond donors (Lipinski definition) is 0. The van der Waals surface area contributed by atoms with Gasteiger partial charge in [0.25, 0.3) is 0 Å². The van der Waals surface area contributed by atoms with Crippen LogP contribution in [0.5, 0.6) is 0 Å². The number of allylic oxidation sites excluding steroid dienone is 3. The minimum absolute atomic E-state index is 0. The Labute approximate surface area is 80.0 Å². The van der Waals surface area contributed by atoms with Crippen LogP contribution in [0, 0.1) is 20.8 Å². The van der Waals surface area contributed by atoms with Gasteiger partial charge in [-0.05, 0) is 0 Å². The van der Waals surface area contributed by atoms with Crippen LogP contribution >= 0.6 is 0 Å². The summed E-state index contributed by atoms with van der Waals surface area (Å²) < 4.78 is 0. The summed E-state index contributed by atoms with van der Waals surface area (Å²) in [6, 6.07) is 0. The van der Waals surface area contributed by atoms with E-state index in [1.165, 1.54) is 18.2 Å². The van der Waals surface area contributed by atoms with Crippen LogP contribution in [0.25, 0.3) is 0 Å². The first-order chi connectivity index (χ1) is 4.24. The van der Waals surface area contributed by atoms with Crippen molar-refractivity contribution < 1.29 is 21.1 Å². The third-order valence-electron chi connectivity index (χ3n) is 0. The Balaban J connectivity index is -0.0000000257. The van der Waals surface area contributed by atoms with Gasteiger partial charge in [-0.15, -0.1) is 0 Å². The van der Waals surface area contributed by atoms with Crippen molar-refractivity contribution in [2.24, 2.45) is 0 Å². The molecule has 0 aromatic carbocycles. The molecule has 0 aromatic rings. The van der Waals surface area contributed by atoms with E-state index in [1.807, 2.05) is 0 Å². The summed E-state index contributed by atoms with van der Waals surface area (Å²) in [6.07, 6.45) is 4.50. The summed E-state index contributed by atoms with van der Waals surface area (Å²) in [4.78, 5) is 0. The molecule has 0 amide bonds. The minimum atomic E-state index is 0. The predicted molar refractivity (Wildman–Crippen MR) is 46.7 cm³/mol. The van der Waals surface area contributed by atoms with Crippen LogP contribution in [0.2, 0.25) is 0 Å². The van der Waals surface area contributed by atoms with Gasteiger partial charge >= 0.3 is 21.1 Å². The van der Waals surface area contributed by atoms with Gasteiger partial charge < -0.3 is 0 Å². The molecule has 0 nitrogen and oxygen atoms in total. The van der Waals surface area contributed by atoms with Crippen LogP contribution in [-0.4, -0.2) is 0 Å². The van der Waals surface area contributed by atoms with E-state index in [-0.39, 0.29) is 21.1 Å². The summed E-state index contributed by atoms with van der Waals surface area (Å²) in [6.45, 7) is 19.5.